The van der Waals surface area contributed by atoms with Crippen LogP contribution >= 0.6 is 0 Å². The van der Waals surface area contributed by atoms with Gasteiger partial charge in [0.1, 0.15) is 17.2 Å². The van der Waals surface area contributed by atoms with Crippen molar-refractivity contribution in [3.63, 3.8) is 0 Å². The summed E-state index contributed by atoms with van der Waals surface area (Å²) >= 11 is 0. The van der Waals surface area contributed by atoms with Crippen LogP contribution < -0.4 is 10.6 Å². The Morgan fingerprint density at radius 1 is 1.03 bits per heavy atom. The summed E-state index contributed by atoms with van der Waals surface area (Å²) in [5.74, 6) is -1.74. The van der Waals surface area contributed by atoms with Gasteiger partial charge in [0.2, 0.25) is 0 Å². The van der Waals surface area contributed by atoms with E-state index in [1.165, 1.54) is 18.3 Å². The van der Waals surface area contributed by atoms with Crippen molar-refractivity contribution >= 4 is 23.1 Å². The number of benzene rings is 2. The number of rotatable bonds is 6. The maximum absolute atomic E-state index is 14.3. The van der Waals surface area contributed by atoms with Crippen LogP contribution in [0.1, 0.15) is 32.5 Å². The van der Waals surface area contributed by atoms with Gasteiger partial charge in [0.15, 0.2) is 0 Å². The molecule has 3 N–H and O–H groups in total. The van der Waals surface area contributed by atoms with Crippen LogP contribution in [0.4, 0.5) is 10.1 Å². The number of hydrogen-bond donors (Lipinski definition) is 3. The van der Waals surface area contributed by atoms with Crippen molar-refractivity contribution in [1.82, 2.24) is 14.7 Å². The number of nitrogens with one attached hydrogen (secondary N) is 2. The number of aliphatic hydroxyl groups is 1. The summed E-state index contributed by atoms with van der Waals surface area (Å²) < 4.78 is 15.9. The molecule has 2 amide bonds. The highest BCUT2D eigenvalue weighted by molar-refractivity contribution is 6.04. The molecule has 2 aromatic carbocycles. The van der Waals surface area contributed by atoms with Crippen LogP contribution in [0.5, 0.6) is 0 Å². The predicted octanol–water partition coefficient (Wildman–Crippen LogP) is 3.19. The number of halogens is 1. The first-order valence-electron chi connectivity index (χ1n) is 9.57. The van der Waals surface area contributed by atoms with Gasteiger partial charge in [-0.15, -0.1) is 0 Å². The number of amides is 2. The van der Waals surface area contributed by atoms with Gasteiger partial charge in [0.05, 0.1) is 18.0 Å². The Morgan fingerprint density at radius 3 is 2.61 bits per heavy atom. The lowest BCUT2D eigenvalue weighted by molar-refractivity contribution is 0.0915. The fourth-order valence-electron chi connectivity index (χ4n) is 3.13. The minimum Gasteiger partial charge on any atom is -0.387 e. The topological polar surface area (TPSA) is 95.7 Å². The molecule has 1 atom stereocenters. The third kappa shape index (κ3) is 4.44. The second-order valence-corrected chi connectivity index (χ2v) is 6.86. The molecule has 0 aliphatic heterocycles. The summed E-state index contributed by atoms with van der Waals surface area (Å²) in [6.07, 6.45) is 2.19. The number of carbonyl (C=O) groups excluding carboxylic acids is 2. The first-order chi connectivity index (χ1) is 15.0. The summed E-state index contributed by atoms with van der Waals surface area (Å²) in [7, 11) is 0. The SMILES string of the molecule is O=C(NC[C@@H](O)c1ccccc1)c1ccc(F)c(NC(=O)c2cnc3ccccn23)c1. The highest BCUT2D eigenvalue weighted by atomic mass is 19.1. The Hall–Kier alpha value is -4.04. The molecule has 8 heteroatoms. The van der Waals surface area contributed by atoms with Crippen molar-refractivity contribution < 1.29 is 19.1 Å². The summed E-state index contributed by atoms with van der Waals surface area (Å²) in [6.45, 7) is -0.0102. The number of anilines is 1. The second-order valence-electron chi connectivity index (χ2n) is 6.86. The molecular formula is C23H19FN4O3. The first kappa shape index (κ1) is 20.2. The number of aromatic nitrogens is 2. The molecule has 0 aliphatic rings. The minimum absolute atomic E-state index is 0.0102. The molecule has 0 radical (unpaired) electrons. The van der Waals surface area contributed by atoms with E-state index in [9.17, 15) is 19.1 Å². The van der Waals surface area contributed by atoms with E-state index < -0.39 is 23.7 Å². The number of hydrogen-bond acceptors (Lipinski definition) is 4. The van der Waals surface area contributed by atoms with Gasteiger partial charge in [0, 0.05) is 18.3 Å². The Kier molecular flexibility index (Phi) is 5.72. The normalized spacial score (nSPS) is 11.8. The molecule has 0 spiro atoms. The molecule has 0 unspecified atom stereocenters. The molecule has 2 heterocycles. The lowest BCUT2D eigenvalue weighted by Crippen LogP contribution is -2.28. The van der Waals surface area contributed by atoms with Gasteiger partial charge in [-0.05, 0) is 35.9 Å². The lowest BCUT2D eigenvalue weighted by Gasteiger charge is -2.13. The fraction of sp³-hybridized carbons (Fsp3) is 0.0870. The van der Waals surface area contributed by atoms with Crippen molar-refractivity contribution in [1.29, 1.82) is 0 Å². The molecule has 4 aromatic rings. The van der Waals surface area contributed by atoms with Gasteiger partial charge in [-0.2, -0.15) is 0 Å². The van der Waals surface area contributed by atoms with Crippen molar-refractivity contribution in [2.24, 2.45) is 0 Å². The van der Waals surface area contributed by atoms with E-state index in [1.54, 1.807) is 53.1 Å². The first-order valence-corrected chi connectivity index (χ1v) is 9.57. The summed E-state index contributed by atoms with van der Waals surface area (Å²) in [6, 6.07) is 17.9. The van der Waals surface area contributed by atoms with Crippen LogP contribution in [-0.2, 0) is 0 Å². The molecule has 0 fully saturated rings. The molecular weight excluding hydrogens is 399 g/mol. The van der Waals surface area contributed by atoms with Crippen LogP contribution in [0.25, 0.3) is 5.65 Å². The van der Waals surface area contributed by atoms with Crippen LogP contribution in [-0.4, -0.2) is 32.9 Å². The summed E-state index contributed by atoms with van der Waals surface area (Å²) in [5.41, 5.74) is 1.50. The van der Waals surface area contributed by atoms with Gasteiger partial charge >= 0.3 is 0 Å². The maximum Gasteiger partial charge on any atom is 0.274 e. The Morgan fingerprint density at radius 2 is 1.81 bits per heavy atom. The van der Waals surface area contributed by atoms with E-state index in [4.69, 9.17) is 0 Å². The summed E-state index contributed by atoms with van der Waals surface area (Å²) in [5, 5.41) is 15.3. The van der Waals surface area contributed by atoms with E-state index in [2.05, 4.69) is 15.6 Å². The molecule has 2 aromatic heterocycles. The van der Waals surface area contributed by atoms with E-state index in [0.717, 1.165) is 6.07 Å². The smallest absolute Gasteiger partial charge is 0.274 e. The van der Waals surface area contributed by atoms with Gasteiger partial charge in [-0.1, -0.05) is 36.4 Å². The molecule has 0 bridgehead atoms. The van der Waals surface area contributed by atoms with Crippen LogP contribution in [0.15, 0.2) is 79.1 Å². The molecule has 156 valence electrons. The predicted molar refractivity (Wildman–Crippen MR) is 113 cm³/mol. The third-order valence-electron chi connectivity index (χ3n) is 4.77. The van der Waals surface area contributed by atoms with Crippen LogP contribution in [0, 0.1) is 5.82 Å². The van der Waals surface area contributed by atoms with Gasteiger partial charge in [-0.25, -0.2) is 9.37 Å². The van der Waals surface area contributed by atoms with Crippen molar-refractivity contribution in [3.8, 4) is 0 Å². The minimum atomic E-state index is -0.875. The zero-order chi connectivity index (χ0) is 21.8. The number of carbonyl (C=O) groups is 2. The van der Waals surface area contributed by atoms with Crippen LogP contribution in [0.3, 0.4) is 0 Å². The van der Waals surface area contributed by atoms with Crippen molar-refractivity contribution in [3.05, 3.63) is 102 Å². The monoisotopic (exact) mass is 418 g/mol. The second kappa shape index (κ2) is 8.76. The van der Waals surface area contributed by atoms with Crippen molar-refractivity contribution in [2.75, 3.05) is 11.9 Å². The fourth-order valence-corrected chi connectivity index (χ4v) is 3.13. The zero-order valence-corrected chi connectivity index (χ0v) is 16.3. The van der Waals surface area contributed by atoms with E-state index in [0.29, 0.717) is 11.2 Å². The quantitative estimate of drug-likeness (QED) is 0.448. The molecule has 0 aliphatic carbocycles. The van der Waals surface area contributed by atoms with Gasteiger partial charge in [-0.3, -0.25) is 14.0 Å². The molecule has 0 saturated heterocycles. The standard InChI is InChI=1S/C23H19FN4O3/c24-17-10-9-16(22(30)26-14-20(29)15-6-2-1-3-7-15)12-18(17)27-23(31)19-13-25-21-8-4-5-11-28(19)21/h1-13,20,29H,14H2,(H,26,30)(H,27,31)/t20-/m1/s1. The van der Waals surface area contributed by atoms with E-state index in [-0.39, 0.29) is 23.5 Å². The number of fused-ring (bicyclic) bond motifs is 1. The van der Waals surface area contributed by atoms with Crippen molar-refractivity contribution in [2.45, 2.75) is 6.10 Å². The molecule has 0 saturated carbocycles. The van der Waals surface area contributed by atoms with Crippen LogP contribution in [0.2, 0.25) is 0 Å². The number of imidazole rings is 1. The molecule has 7 nitrogen and oxygen atoms in total. The Bertz CT molecular complexity index is 1240. The number of aliphatic hydroxyl groups excluding tert-OH is 1. The maximum atomic E-state index is 14.3. The van der Waals surface area contributed by atoms with Gasteiger partial charge < -0.3 is 15.7 Å². The van der Waals surface area contributed by atoms with E-state index >= 15 is 0 Å². The number of nitrogens with zero attached hydrogens (tertiary/aromatic N) is 2. The third-order valence-corrected chi connectivity index (χ3v) is 4.77. The van der Waals surface area contributed by atoms with Gasteiger partial charge in [0.25, 0.3) is 11.8 Å². The zero-order valence-electron chi connectivity index (χ0n) is 16.3. The average molecular weight is 418 g/mol. The highest BCUT2D eigenvalue weighted by Gasteiger charge is 2.16. The largest absolute Gasteiger partial charge is 0.387 e. The highest BCUT2D eigenvalue weighted by Crippen LogP contribution is 2.18. The summed E-state index contributed by atoms with van der Waals surface area (Å²) in [4.78, 5) is 29.2. The average Bonchev–Trinajstić information content (AvgIpc) is 3.23. The molecule has 31 heavy (non-hydrogen) atoms. The molecule has 4 rings (SSSR count). The Labute approximate surface area is 177 Å². The Balaban J connectivity index is 1.46. The number of pyridine rings is 1. The lowest BCUT2D eigenvalue weighted by atomic mass is 10.1. The van der Waals surface area contributed by atoms with E-state index in [1.807, 2.05) is 6.07 Å².